The highest BCUT2D eigenvalue weighted by molar-refractivity contribution is 8.01. The number of rotatable bonds is 0. The van der Waals surface area contributed by atoms with Crippen LogP contribution in [0.5, 0.6) is 0 Å². The molecule has 1 heterocycles. The van der Waals surface area contributed by atoms with Gasteiger partial charge in [-0.2, -0.15) is 0 Å². The van der Waals surface area contributed by atoms with Gasteiger partial charge in [0.1, 0.15) is 0 Å². The minimum atomic E-state index is 0.446. The van der Waals surface area contributed by atoms with Crippen molar-refractivity contribution in [2.75, 3.05) is 6.54 Å². The van der Waals surface area contributed by atoms with Crippen molar-refractivity contribution in [2.24, 2.45) is 5.41 Å². The van der Waals surface area contributed by atoms with Gasteiger partial charge < -0.3 is 5.32 Å². The molecule has 2 fully saturated rings. The van der Waals surface area contributed by atoms with Gasteiger partial charge >= 0.3 is 0 Å². The second-order valence-corrected chi connectivity index (χ2v) is 7.32. The number of thioether (sulfide) groups is 1. The van der Waals surface area contributed by atoms with Crippen molar-refractivity contribution in [3.63, 3.8) is 0 Å². The molecule has 0 aromatic heterocycles. The van der Waals surface area contributed by atoms with E-state index in [2.05, 4.69) is 37.8 Å². The van der Waals surface area contributed by atoms with Crippen LogP contribution in [0.4, 0.5) is 0 Å². The molecule has 2 heteroatoms. The average molecular weight is 199 g/mol. The van der Waals surface area contributed by atoms with Gasteiger partial charge in [-0.1, -0.05) is 27.2 Å². The zero-order chi connectivity index (χ0) is 9.53. The minimum Gasteiger partial charge on any atom is -0.302 e. The summed E-state index contributed by atoms with van der Waals surface area (Å²) in [6, 6.07) is 0. The molecule has 2 atom stereocenters. The SMILES string of the molecule is CC1CNC2(CCCC(C)(C)C2)S1. The molecule has 0 aromatic rings. The fourth-order valence-electron chi connectivity index (χ4n) is 2.85. The molecular formula is C11H21NS. The van der Waals surface area contributed by atoms with Crippen molar-refractivity contribution >= 4 is 11.8 Å². The van der Waals surface area contributed by atoms with Gasteiger partial charge in [0.15, 0.2) is 0 Å². The first kappa shape index (κ1) is 9.85. The molecule has 0 radical (unpaired) electrons. The fourth-order valence-corrected chi connectivity index (χ4v) is 4.69. The predicted molar refractivity (Wildman–Crippen MR) is 60.0 cm³/mol. The Kier molecular flexibility index (Phi) is 2.40. The van der Waals surface area contributed by atoms with Crippen LogP contribution in [0, 0.1) is 5.41 Å². The molecule has 1 nitrogen and oxygen atoms in total. The number of hydrogen-bond acceptors (Lipinski definition) is 2. The normalized spacial score (nSPS) is 44.1. The van der Waals surface area contributed by atoms with Gasteiger partial charge in [-0.25, -0.2) is 0 Å². The quantitative estimate of drug-likeness (QED) is 0.643. The topological polar surface area (TPSA) is 12.0 Å². The van der Waals surface area contributed by atoms with Crippen molar-refractivity contribution in [2.45, 2.75) is 56.6 Å². The molecule has 76 valence electrons. The van der Waals surface area contributed by atoms with Gasteiger partial charge in [-0.3, -0.25) is 0 Å². The molecule has 0 amide bonds. The van der Waals surface area contributed by atoms with Gasteiger partial charge in [0.2, 0.25) is 0 Å². The third-order valence-corrected chi connectivity index (χ3v) is 4.85. The van der Waals surface area contributed by atoms with Crippen molar-refractivity contribution < 1.29 is 0 Å². The fraction of sp³-hybridized carbons (Fsp3) is 1.00. The molecule has 2 aliphatic rings. The van der Waals surface area contributed by atoms with E-state index in [1.54, 1.807) is 0 Å². The van der Waals surface area contributed by atoms with E-state index in [0.717, 1.165) is 5.25 Å². The molecule has 13 heavy (non-hydrogen) atoms. The third kappa shape index (κ3) is 2.04. The molecule has 1 N–H and O–H groups in total. The Morgan fingerprint density at radius 2 is 2.08 bits per heavy atom. The summed E-state index contributed by atoms with van der Waals surface area (Å²) in [4.78, 5) is 0.446. The lowest BCUT2D eigenvalue weighted by molar-refractivity contribution is 0.186. The zero-order valence-corrected chi connectivity index (χ0v) is 9.84. The van der Waals surface area contributed by atoms with Crippen LogP contribution >= 0.6 is 11.8 Å². The molecule has 0 bridgehead atoms. The highest BCUT2D eigenvalue weighted by atomic mass is 32.2. The Bertz CT molecular complexity index is 198. The summed E-state index contributed by atoms with van der Waals surface area (Å²) >= 11 is 2.18. The maximum Gasteiger partial charge on any atom is 0.0653 e. The van der Waals surface area contributed by atoms with Crippen molar-refractivity contribution in [3.05, 3.63) is 0 Å². The van der Waals surface area contributed by atoms with E-state index in [-0.39, 0.29) is 0 Å². The first-order valence-corrected chi connectivity index (χ1v) is 6.32. The zero-order valence-electron chi connectivity index (χ0n) is 9.02. The van der Waals surface area contributed by atoms with Crippen LogP contribution in [0.3, 0.4) is 0 Å². The molecule has 1 saturated carbocycles. The molecule has 0 aromatic carbocycles. The Morgan fingerprint density at radius 3 is 2.62 bits per heavy atom. The standard InChI is InChI=1S/C11H21NS/c1-9-7-12-11(13-9)6-4-5-10(2,3)8-11/h9,12H,4-8H2,1-3H3. The maximum atomic E-state index is 3.74. The van der Waals surface area contributed by atoms with Crippen LogP contribution in [0.25, 0.3) is 0 Å². The van der Waals surface area contributed by atoms with Crippen LogP contribution in [0.2, 0.25) is 0 Å². The first-order chi connectivity index (χ1) is 6.02. The van der Waals surface area contributed by atoms with E-state index in [1.807, 2.05) is 0 Å². The van der Waals surface area contributed by atoms with Crippen molar-refractivity contribution in [1.29, 1.82) is 0 Å². The highest BCUT2D eigenvalue weighted by Gasteiger charge is 2.44. The molecule has 1 saturated heterocycles. The monoisotopic (exact) mass is 199 g/mol. The van der Waals surface area contributed by atoms with Gasteiger partial charge in [-0.15, -0.1) is 11.8 Å². The molecule has 2 rings (SSSR count). The average Bonchev–Trinajstić information content (AvgIpc) is 2.29. The lowest BCUT2D eigenvalue weighted by Crippen LogP contribution is -2.44. The maximum absolute atomic E-state index is 3.74. The van der Waals surface area contributed by atoms with E-state index in [9.17, 15) is 0 Å². The second-order valence-electron chi connectivity index (χ2n) is 5.50. The van der Waals surface area contributed by atoms with Gasteiger partial charge in [0.25, 0.3) is 0 Å². The Morgan fingerprint density at radius 1 is 1.31 bits per heavy atom. The smallest absolute Gasteiger partial charge is 0.0653 e. The van der Waals surface area contributed by atoms with Crippen LogP contribution in [-0.2, 0) is 0 Å². The summed E-state index contributed by atoms with van der Waals surface area (Å²) in [6.45, 7) is 8.38. The number of nitrogens with one attached hydrogen (secondary N) is 1. The van der Waals surface area contributed by atoms with E-state index in [1.165, 1.54) is 32.2 Å². The van der Waals surface area contributed by atoms with E-state index in [4.69, 9.17) is 0 Å². The third-order valence-electron chi connectivity index (χ3n) is 3.34. The summed E-state index contributed by atoms with van der Waals surface area (Å²) in [6.07, 6.45) is 5.55. The summed E-state index contributed by atoms with van der Waals surface area (Å²) in [5, 5.41) is 4.55. The van der Waals surface area contributed by atoms with E-state index >= 15 is 0 Å². The van der Waals surface area contributed by atoms with E-state index in [0.29, 0.717) is 10.3 Å². The predicted octanol–water partition coefficient (Wildman–Crippen LogP) is 3.01. The van der Waals surface area contributed by atoms with Crippen molar-refractivity contribution in [3.8, 4) is 0 Å². The van der Waals surface area contributed by atoms with E-state index < -0.39 is 0 Å². The lowest BCUT2D eigenvalue weighted by Gasteiger charge is -2.42. The molecule has 2 unspecified atom stereocenters. The van der Waals surface area contributed by atoms with Crippen LogP contribution in [0.1, 0.15) is 46.5 Å². The molecule has 1 aliphatic carbocycles. The molecule has 1 spiro atoms. The lowest BCUT2D eigenvalue weighted by atomic mass is 9.75. The number of hydrogen-bond donors (Lipinski definition) is 1. The summed E-state index contributed by atoms with van der Waals surface area (Å²) < 4.78 is 0. The molecule has 1 aliphatic heterocycles. The first-order valence-electron chi connectivity index (χ1n) is 5.44. The summed E-state index contributed by atoms with van der Waals surface area (Å²) in [5.41, 5.74) is 0.558. The van der Waals surface area contributed by atoms with Crippen LogP contribution < -0.4 is 5.32 Å². The summed E-state index contributed by atoms with van der Waals surface area (Å²) in [7, 11) is 0. The Hall–Kier alpha value is 0.310. The van der Waals surface area contributed by atoms with Crippen LogP contribution in [0.15, 0.2) is 0 Å². The summed E-state index contributed by atoms with van der Waals surface area (Å²) in [5.74, 6) is 0. The highest BCUT2D eigenvalue weighted by Crippen LogP contribution is 2.49. The minimum absolute atomic E-state index is 0.446. The van der Waals surface area contributed by atoms with Crippen molar-refractivity contribution in [1.82, 2.24) is 5.32 Å². The van der Waals surface area contributed by atoms with Gasteiger partial charge in [0.05, 0.1) is 4.87 Å². The largest absolute Gasteiger partial charge is 0.302 e. The molecular weight excluding hydrogens is 178 g/mol. The van der Waals surface area contributed by atoms with Gasteiger partial charge in [0, 0.05) is 11.8 Å². The Labute approximate surface area is 86.0 Å². The van der Waals surface area contributed by atoms with Gasteiger partial charge in [-0.05, 0) is 24.7 Å². The van der Waals surface area contributed by atoms with Crippen LogP contribution in [-0.4, -0.2) is 16.7 Å². The Balaban J connectivity index is 2.07. The second kappa shape index (κ2) is 3.16.